The molecule has 3 N–H and O–H groups in total. The fourth-order valence-corrected chi connectivity index (χ4v) is 2.09. The van der Waals surface area contributed by atoms with E-state index in [4.69, 9.17) is 22.4 Å². The van der Waals surface area contributed by atoms with Gasteiger partial charge < -0.3 is 10.8 Å². The van der Waals surface area contributed by atoms with Gasteiger partial charge in [0.05, 0.1) is 6.54 Å². The summed E-state index contributed by atoms with van der Waals surface area (Å²) in [4.78, 5) is 23.8. The minimum atomic E-state index is -0.879. The Kier molecular flexibility index (Phi) is 5.98. The zero-order chi connectivity index (χ0) is 15.3. The van der Waals surface area contributed by atoms with Crippen LogP contribution in [0.5, 0.6) is 0 Å². The van der Waals surface area contributed by atoms with Crippen molar-refractivity contribution >= 4 is 23.5 Å². The largest absolute Gasteiger partial charge is 0.480 e. The van der Waals surface area contributed by atoms with Gasteiger partial charge in [-0.1, -0.05) is 24.6 Å². The van der Waals surface area contributed by atoms with Crippen molar-refractivity contribution in [2.75, 3.05) is 6.54 Å². The average molecular weight is 299 g/mol. The number of nitrogens with two attached hydrogens (primary N) is 1. The minimum Gasteiger partial charge on any atom is -0.480 e. The van der Waals surface area contributed by atoms with Crippen molar-refractivity contribution in [2.45, 2.75) is 32.9 Å². The Morgan fingerprint density at radius 2 is 2.10 bits per heavy atom. The van der Waals surface area contributed by atoms with Gasteiger partial charge in [0.1, 0.15) is 0 Å². The van der Waals surface area contributed by atoms with Crippen LogP contribution in [0.3, 0.4) is 0 Å². The SMILES string of the molecule is CCC(C)N(CC(=O)O)Cc1ccc(C(N)=O)cc1Cl. The standard InChI is InChI=1S/C14H19ClN2O3/c1-3-9(2)17(8-13(18)19)7-11-5-4-10(14(16)20)6-12(11)15/h4-6,9H,3,7-8H2,1-2H3,(H2,16,20)(H,18,19). The summed E-state index contributed by atoms with van der Waals surface area (Å²) in [6, 6.07) is 4.94. The molecule has 1 unspecified atom stereocenters. The second-order valence-corrected chi connectivity index (χ2v) is 5.13. The molecule has 1 amide bonds. The lowest BCUT2D eigenvalue weighted by Crippen LogP contribution is -2.36. The number of primary amides is 1. The highest BCUT2D eigenvalue weighted by Gasteiger charge is 2.17. The summed E-state index contributed by atoms with van der Waals surface area (Å²) in [5, 5.41) is 9.37. The fraction of sp³-hybridized carbons (Fsp3) is 0.429. The van der Waals surface area contributed by atoms with Gasteiger partial charge >= 0.3 is 5.97 Å². The summed E-state index contributed by atoms with van der Waals surface area (Å²) in [5.41, 5.74) is 6.30. The molecule has 0 saturated carbocycles. The number of aliphatic carboxylic acids is 1. The molecule has 0 bridgehead atoms. The molecule has 110 valence electrons. The van der Waals surface area contributed by atoms with E-state index in [0.29, 0.717) is 17.1 Å². The van der Waals surface area contributed by atoms with Crippen LogP contribution in [0.1, 0.15) is 36.2 Å². The van der Waals surface area contributed by atoms with E-state index in [1.54, 1.807) is 12.1 Å². The van der Waals surface area contributed by atoms with Gasteiger partial charge in [0, 0.05) is 23.2 Å². The predicted octanol–water partition coefficient (Wildman–Crippen LogP) is 2.12. The van der Waals surface area contributed by atoms with Gasteiger partial charge in [0.15, 0.2) is 0 Å². The van der Waals surface area contributed by atoms with E-state index in [0.717, 1.165) is 12.0 Å². The Morgan fingerprint density at radius 3 is 2.55 bits per heavy atom. The second kappa shape index (κ2) is 7.26. The number of carbonyl (C=O) groups is 2. The monoisotopic (exact) mass is 298 g/mol. The van der Waals surface area contributed by atoms with Crippen LogP contribution in [0.25, 0.3) is 0 Å². The summed E-state index contributed by atoms with van der Waals surface area (Å²) in [6.45, 7) is 4.33. The zero-order valence-corrected chi connectivity index (χ0v) is 12.4. The zero-order valence-electron chi connectivity index (χ0n) is 11.6. The van der Waals surface area contributed by atoms with Crippen LogP contribution in [0.4, 0.5) is 0 Å². The second-order valence-electron chi connectivity index (χ2n) is 4.73. The highest BCUT2D eigenvalue weighted by Crippen LogP contribution is 2.21. The molecule has 5 nitrogen and oxygen atoms in total. The van der Waals surface area contributed by atoms with Gasteiger partial charge in [0.25, 0.3) is 0 Å². The third-order valence-corrected chi connectivity index (χ3v) is 3.62. The van der Waals surface area contributed by atoms with E-state index in [9.17, 15) is 9.59 Å². The average Bonchev–Trinajstić information content (AvgIpc) is 2.38. The number of nitrogens with zero attached hydrogens (tertiary/aromatic N) is 1. The molecule has 0 heterocycles. The Balaban J connectivity index is 2.93. The number of benzene rings is 1. The molecule has 0 fully saturated rings. The number of carbonyl (C=O) groups excluding carboxylic acids is 1. The lowest BCUT2D eigenvalue weighted by atomic mass is 10.1. The smallest absolute Gasteiger partial charge is 0.317 e. The lowest BCUT2D eigenvalue weighted by Gasteiger charge is -2.27. The van der Waals surface area contributed by atoms with Gasteiger partial charge in [-0.15, -0.1) is 0 Å². The predicted molar refractivity (Wildman–Crippen MR) is 77.8 cm³/mol. The number of halogens is 1. The maximum Gasteiger partial charge on any atom is 0.317 e. The van der Waals surface area contributed by atoms with Crippen molar-refractivity contribution in [1.82, 2.24) is 4.90 Å². The summed E-state index contributed by atoms with van der Waals surface area (Å²) in [6.07, 6.45) is 0.838. The molecule has 0 aliphatic carbocycles. The lowest BCUT2D eigenvalue weighted by molar-refractivity contribution is -0.139. The third-order valence-electron chi connectivity index (χ3n) is 3.26. The van der Waals surface area contributed by atoms with Gasteiger partial charge in [0.2, 0.25) is 5.91 Å². The van der Waals surface area contributed by atoms with Crippen molar-refractivity contribution in [3.63, 3.8) is 0 Å². The highest BCUT2D eigenvalue weighted by atomic mass is 35.5. The van der Waals surface area contributed by atoms with Crippen LogP contribution < -0.4 is 5.73 Å². The molecule has 0 aromatic heterocycles. The van der Waals surface area contributed by atoms with Crippen LogP contribution in [0, 0.1) is 0 Å². The molecule has 6 heteroatoms. The first-order chi connectivity index (χ1) is 9.35. The fourth-order valence-electron chi connectivity index (χ4n) is 1.85. The van der Waals surface area contributed by atoms with Crippen LogP contribution >= 0.6 is 11.6 Å². The molecule has 20 heavy (non-hydrogen) atoms. The van der Waals surface area contributed by atoms with Crippen LogP contribution in [-0.4, -0.2) is 34.5 Å². The Hall–Kier alpha value is -1.59. The van der Waals surface area contributed by atoms with E-state index in [-0.39, 0.29) is 12.6 Å². The first-order valence-corrected chi connectivity index (χ1v) is 6.77. The van der Waals surface area contributed by atoms with E-state index in [2.05, 4.69) is 0 Å². The van der Waals surface area contributed by atoms with Gasteiger partial charge in [-0.25, -0.2) is 0 Å². The molecule has 0 aliphatic rings. The number of hydrogen-bond donors (Lipinski definition) is 2. The number of rotatable bonds is 7. The van der Waals surface area contributed by atoms with E-state index >= 15 is 0 Å². The molecule has 1 aromatic carbocycles. The summed E-state index contributed by atoms with van der Waals surface area (Å²) < 4.78 is 0. The number of carboxylic acids is 1. The quantitative estimate of drug-likeness (QED) is 0.807. The van der Waals surface area contributed by atoms with Crippen LogP contribution in [0.2, 0.25) is 5.02 Å². The Bertz CT molecular complexity index is 505. The summed E-state index contributed by atoms with van der Waals surface area (Å²) >= 11 is 6.12. The Morgan fingerprint density at radius 1 is 1.45 bits per heavy atom. The van der Waals surface area contributed by atoms with E-state index in [1.165, 1.54) is 6.07 Å². The van der Waals surface area contributed by atoms with Gasteiger partial charge in [-0.05, 0) is 31.0 Å². The molecule has 1 aromatic rings. The number of hydrogen-bond acceptors (Lipinski definition) is 3. The Labute approximate surface area is 123 Å². The molecule has 0 aliphatic heterocycles. The van der Waals surface area contributed by atoms with Gasteiger partial charge in [-0.3, -0.25) is 14.5 Å². The van der Waals surface area contributed by atoms with Crippen molar-refractivity contribution < 1.29 is 14.7 Å². The van der Waals surface area contributed by atoms with Crippen molar-refractivity contribution in [3.05, 3.63) is 34.3 Å². The van der Waals surface area contributed by atoms with Gasteiger partial charge in [-0.2, -0.15) is 0 Å². The van der Waals surface area contributed by atoms with Crippen molar-refractivity contribution in [2.24, 2.45) is 5.73 Å². The topological polar surface area (TPSA) is 83.6 Å². The molecule has 0 radical (unpaired) electrons. The molecule has 1 atom stereocenters. The molecular weight excluding hydrogens is 280 g/mol. The highest BCUT2D eigenvalue weighted by molar-refractivity contribution is 6.31. The minimum absolute atomic E-state index is 0.0527. The first kappa shape index (κ1) is 16.5. The summed E-state index contributed by atoms with van der Waals surface area (Å²) in [7, 11) is 0. The van der Waals surface area contributed by atoms with E-state index < -0.39 is 11.9 Å². The van der Waals surface area contributed by atoms with Crippen LogP contribution in [-0.2, 0) is 11.3 Å². The maximum atomic E-state index is 11.1. The molecule has 1 rings (SSSR count). The maximum absolute atomic E-state index is 11.1. The molecular formula is C14H19ClN2O3. The van der Waals surface area contributed by atoms with Crippen LogP contribution in [0.15, 0.2) is 18.2 Å². The number of amides is 1. The number of carboxylic acid groups (broad SMARTS) is 1. The van der Waals surface area contributed by atoms with Crippen molar-refractivity contribution in [1.29, 1.82) is 0 Å². The molecule has 0 saturated heterocycles. The normalized spacial score (nSPS) is 12.4. The first-order valence-electron chi connectivity index (χ1n) is 6.39. The third kappa shape index (κ3) is 4.51. The van der Waals surface area contributed by atoms with Crippen molar-refractivity contribution in [3.8, 4) is 0 Å². The molecule has 0 spiro atoms. The summed E-state index contributed by atoms with van der Waals surface area (Å²) in [5.74, 6) is -1.42. The van der Waals surface area contributed by atoms with E-state index in [1.807, 2.05) is 18.7 Å².